The van der Waals surface area contributed by atoms with Crippen molar-refractivity contribution in [3.63, 3.8) is 0 Å². The number of carbonyl (C=O) groups is 2. The number of nitrogens with zero attached hydrogens (tertiary/aromatic N) is 1. The van der Waals surface area contributed by atoms with Gasteiger partial charge in [-0.25, -0.2) is 0 Å². The van der Waals surface area contributed by atoms with Gasteiger partial charge in [0.1, 0.15) is 6.04 Å². The summed E-state index contributed by atoms with van der Waals surface area (Å²) in [6.07, 6.45) is 0. The van der Waals surface area contributed by atoms with Crippen molar-refractivity contribution >= 4 is 17.5 Å². The molecule has 2 aromatic carbocycles. The SMILES string of the molecule is Cc1ccc(CNC(=O)C(C)NC(=O)c2cccc([N+](=O)[O-])c2)c(C)c1. The van der Waals surface area contributed by atoms with E-state index < -0.39 is 16.9 Å². The van der Waals surface area contributed by atoms with Crippen LogP contribution in [0.5, 0.6) is 0 Å². The van der Waals surface area contributed by atoms with Crippen LogP contribution in [-0.2, 0) is 11.3 Å². The van der Waals surface area contributed by atoms with Crippen LogP contribution in [0.1, 0.15) is 34.0 Å². The fourth-order valence-electron chi connectivity index (χ4n) is 2.49. The minimum Gasteiger partial charge on any atom is -0.350 e. The van der Waals surface area contributed by atoms with Gasteiger partial charge in [0, 0.05) is 24.2 Å². The summed E-state index contributed by atoms with van der Waals surface area (Å²) in [6, 6.07) is 10.6. The van der Waals surface area contributed by atoms with Crippen molar-refractivity contribution in [1.82, 2.24) is 10.6 Å². The molecule has 1 atom stereocenters. The van der Waals surface area contributed by atoms with Crippen LogP contribution < -0.4 is 10.6 Å². The molecule has 26 heavy (non-hydrogen) atoms. The highest BCUT2D eigenvalue weighted by atomic mass is 16.6. The maximum atomic E-state index is 12.2. The first-order chi connectivity index (χ1) is 12.3. The largest absolute Gasteiger partial charge is 0.350 e. The van der Waals surface area contributed by atoms with Crippen LogP contribution in [0, 0.1) is 24.0 Å². The predicted octanol–water partition coefficient (Wildman–Crippen LogP) is 2.65. The summed E-state index contributed by atoms with van der Waals surface area (Å²) in [7, 11) is 0. The Morgan fingerprint density at radius 3 is 2.54 bits per heavy atom. The summed E-state index contributed by atoms with van der Waals surface area (Å²) < 4.78 is 0. The highest BCUT2D eigenvalue weighted by Gasteiger charge is 2.18. The number of hydrogen-bond donors (Lipinski definition) is 2. The fraction of sp³-hybridized carbons (Fsp3) is 0.263. The number of hydrogen-bond acceptors (Lipinski definition) is 4. The second kappa shape index (κ2) is 8.24. The molecule has 0 aliphatic carbocycles. The van der Waals surface area contributed by atoms with Crippen LogP contribution in [-0.4, -0.2) is 22.8 Å². The van der Waals surface area contributed by atoms with Crippen LogP contribution in [0.4, 0.5) is 5.69 Å². The summed E-state index contributed by atoms with van der Waals surface area (Å²) >= 11 is 0. The molecule has 0 saturated heterocycles. The van der Waals surface area contributed by atoms with Crippen molar-refractivity contribution in [2.75, 3.05) is 0 Å². The molecule has 2 aromatic rings. The number of nitro groups is 1. The van der Waals surface area contributed by atoms with E-state index in [0.29, 0.717) is 6.54 Å². The average molecular weight is 355 g/mol. The standard InChI is InChI=1S/C19H21N3O4/c1-12-7-8-16(13(2)9-12)11-20-18(23)14(3)21-19(24)15-5-4-6-17(10-15)22(25)26/h4-10,14H,11H2,1-3H3,(H,20,23)(H,21,24). The Balaban J connectivity index is 1.94. The Hall–Kier alpha value is -3.22. The molecule has 0 bridgehead atoms. The van der Waals surface area contributed by atoms with E-state index in [2.05, 4.69) is 10.6 Å². The summed E-state index contributed by atoms with van der Waals surface area (Å²) in [6.45, 7) is 5.90. The van der Waals surface area contributed by atoms with Gasteiger partial charge in [0.25, 0.3) is 11.6 Å². The van der Waals surface area contributed by atoms with Crippen LogP contribution in [0.25, 0.3) is 0 Å². The summed E-state index contributed by atoms with van der Waals surface area (Å²) in [4.78, 5) is 34.6. The van der Waals surface area contributed by atoms with E-state index in [-0.39, 0.29) is 17.2 Å². The Morgan fingerprint density at radius 2 is 1.88 bits per heavy atom. The van der Waals surface area contributed by atoms with Gasteiger partial charge in [-0.1, -0.05) is 29.8 Å². The third-order valence-corrected chi connectivity index (χ3v) is 4.01. The summed E-state index contributed by atoms with van der Waals surface area (Å²) in [5.74, 6) is -0.869. The topological polar surface area (TPSA) is 101 Å². The van der Waals surface area contributed by atoms with Gasteiger partial charge in [0.2, 0.25) is 5.91 Å². The maximum absolute atomic E-state index is 12.2. The van der Waals surface area contributed by atoms with Gasteiger partial charge in [0.15, 0.2) is 0 Å². The Labute approximate surface area is 151 Å². The lowest BCUT2D eigenvalue weighted by Gasteiger charge is -2.15. The van der Waals surface area contributed by atoms with Crippen molar-refractivity contribution in [3.05, 3.63) is 74.8 Å². The number of carbonyl (C=O) groups excluding carboxylic acids is 2. The predicted molar refractivity (Wildman–Crippen MR) is 97.8 cm³/mol. The second-order valence-electron chi connectivity index (χ2n) is 6.15. The molecule has 0 aliphatic rings. The van der Waals surface area contributed by atoms with Gasteiger partial charge in [0.05, 0.1) is 4.92 Å². The normalized spacial score (nSPS) is 11.5. The van der Waals surface area contributed by atoms with E-state index in [9.17, 15) is 19.7 Å². The second-order valence-corrected chi connectivity index (χ2v) is 6.15. The molecule has 0 spiro atoms. The molecule has 0 aromatic heterocycles. The molecule has 1 unspecified atom stereocenters. The smallest absolute Gasteiger partial charge is 0.270 e. The Bertz CT molecular complexity index is 848. The van der Waals surface area contributed by atoms with Crippen LogP contribution >= 0.6 is 0 Å². The monoisotopic (exact) mass is 355 g/mol. The molecular weight excluding hydrogens is 334 g/mol. The first-order valence-electron chi connectivity index (χ1n) is 8.17. The molecule has 0 radical (unpaired) electrons. The molecule has 0 fully saturated rings. The summed E-state index contributed by atoms with van der Waals surface area (Å²) in [5, 5.41) is 16.1. The average Bonchev–Trinajstić information content (AvgIpc) is 2.60. The summed E-state index contributed by atoms with van der Waals surface area (Å²) in [5.41, 5.74) is 3.19. The highest BCUT2D eigenvalue weighted by Crippen LogP contribution is 2.13. The van der Waals surface area contributed by atoms with E-state index in [1.807, 2.05) is 32.0 Å². The van der Waals surface area contributed by atoms with Crippen molar-refractivity contribution in [2.45, 2.75) is 33.4 Å². The van der Waals surface area contributed by atoms with Crippen LogP contribution in [0.2, 0.25) is 0 Å². The molecule has 0 aliphatic heterocycles. The lowest BCUT2D eigenvalue weighted by Crippen LogP contribution is -2.44. The molecule has 2 rings (SSSR count). The van der Waals surface area contributed by atoms with Gasteiger partial charge >= 0.3 is 0 Å². The molecule has 7 nitrogen and oxygen atoms in total. The molecule has 0 heterocycles. The number of non-ortho nitro benzene ring substituents is 1. The number of rotatable bonds is 6. The van der Waals surface area contributed by atoms with Crippen LogP contribution in [0.15, 0.2) is 42.5 Å². The minimum atomic E-state index is -0.771. The highest BCUT2D eigenvalue weighted by molar-refractivity contribution is 5.97. The number of amides is 2. The molecular formula is C19H21N3O4. The number of nitrogens with one attached hydrogen (secondary N) is 2. The molecule has 2 amide bonds. The zero-order chi connectivity index (χ0) is 19.3. The van der Waals surface area contributed by atoms with E-state index in [1.165, 1.54) is 24.3 Å². The Morgan fingerprint density at radius 1 is 1.15 bits per heavy atom. The van der Waals surface area contributed by atoms with E-state index >= 15 is 0 Å². The third-order valence-electron chi connectivity index (χ3n) is 4.01. The van der Waals surface area contributed by atoms with Gasteiger partial charge < -0.3 is 10.6 Å². The minimum absolute atomic E-state index is 0.133. The van der Waals surface area contributed by atoms with Crippen LogP contribution in [0.3, 0.4) is 0 Å². The number of benzene rings is 2. The van der Waals surface area contributed by atoms with E-state index in [1.54, 1.807) is 6.92 Å². The zero-order valence-electron chi connectivity index (χ0n) is 14.9. The number of nitro benzene ring substituents is 1. The maximum Gasteiger partial charge on any atom is 0.270 e. The molecule has 136 valence electrons. The zero-order valence-corrected chi connectivity index (χ0v) is 14.9. The van der Waals surface area contributed by atoms with Crippen molar-refractivity contribution in [2.24, 2.45) is 0 Å². The lowest BCUT2D eigenvalue weighted by atomic mass is 10.1. The van der Waals surface area contributed by atoms with E-state index in [4.69, 9.17) is 0 Å². The first kappa shape index (κ1) is 19.1. The molecule has 7 heteroatoms. The van der Waals surface area contributed by atoms with Gasteiger partial charge in [-0.05, 0) is 38.0 Å². The van der Waals surface area contributed by atoms with Crippen molar-refractivity contribution < 1.29 is 14.5 Å². The van der Waals surface area contributed by atoms with Gasteiger partial charge in [-0.2, -0.15) is 0 Å². The molecule has 0 saturated carbocycles. The molecule has 2 N–H and O–H groups in total. The first-order valence-corrected chi connectivity index (χ1v) is 8.17. The fourth-order valence-corrected chi connectivity index (χ4v) is 2.49. The lowest BCUT2D eigenvalue weighted by molar-refractivity contribution is -0.384. The van der Waals surface area contributed by atoms with Gasteiger partial charge in [-0.3, -0.25) is 19.7 Å². The number of aryl methyl sites for hydroxylation is 2. The van der Waals surface area contributed by atoms with Crippen molar-refractivity contribution in [1.29, 1.82) is 0 Å². The van der Waals surface area contributed by atoms with Crippen molar-refractivity contribution in [3.8, 4) is 0 Å². The quantitative estimate of drug-likeness (QED) is 0.614. The van der Waals surface area contributed by atoms with Gasteiger partial charge in [-0.15, -0.1) is 0 Å². The van der Waals surface area contributed by atoms with E-state index in [0.717, 1.165) is 16.7 Å². The Kier molecular flexibility index (Phi) is 6.06. The third kappa shape index (κ3) is 4.89.